The lowest BCUT2D eigenvalue weighted by Gasteiger charge is -2.15. The average Bonchev–Trinajstić information content (AvgIpc) is 2.85. The van der Waals surface area contributed by atoms with Crippen LogP contribution in [0.1, 0.15) is 34.7 Å². The van der Waals surface area contributed by atoms with E-state index in [-0.39, 0.29) is 18.1 Å². The molecule has 0 aliphatic carbocycles. The zero-order valence-electron chi connectivity index (χ0n) is 22.1. The third kappa shape index (κ3) is 7.59. The van der Waals surface area contributed by atoms with Crippen molar-refractivity contribution >= 4 is 51.9 Å². The highest BCUT2D eigenvalue weighted by Crippen LogP contribution is 2.35. The fourth-order valence-electron chi connectivity index (χ4n) is 3.81. The average molecular weight is 623 g/mol. The van der Waals surface area contributed by atoms with Gasteiger partial charge in [-0.25, -0.2) is 0 Å². The van der Waals surface area contributed by atoms with Gasteiger partial charge in [-0.2, -0.15) is 5.26 Å². The van der Waals surface area contributed by atoms with Gasteiger partial charge in [0.15, 0.2) is 18.1 Å². The van der Waals surface area contributed by atoms with Crippen LogP contribution in [0.5, 0.6) is 11.5 Å². The van der Waals surface area contributed by atoms with Crippen LogP contribution in [0.4, 0.5) is 11.4 Å². The van der Waals surface area contributed by atoms with Gasteiger partial charge in [-0.05, 0) is 104 Å². The summed E-state index contributed by atoms with van der Waals surface area (Å²) in [5.74, 6) is 0.0282. The first-order valence-electron chi connectivity index (χ1n) is 12.1. The molecule has 0 unspecified atom stereocenters. The van der Waals surface area contributed by atoms with Crippen LogP contribution >= 0.6 is 22.6 Å². The number of benzene rings is 3. The molecule has 7 nitrogen and oxygen atoms in total. The molecule has 0 bridgehead atoms. The summed E-state index contributed by atoms with van der Waals surface area (Å²) in [4.78, 5) is 25.4. The maximum Gasteiger partial charge on any atom is 0.266 e. The summed E-state index contributed by atoms with van der Waals surface area (Å²) in [6.07, 6.45) is 1.50. The summed E-state index contributed by atoms with van der Waals surface area (Å²) in [7, 11) is 0. The van der Waals surface area contributed by atoms with Crippen molar-refractivity contribution in [3.63, 3.8) is 0 Å². The lowest BCUT2D eigenvalue weighted by Crippen LogP contribution is -2.21. The fourth-order valence-corrected chi connectivity index (χ4v) is 4.59. The molecule has 0 spiro atoms. The van der Waals surface area contributed by atoms with Crippen molar-refractivity contribution < 1.29 is 19.1 Å². The van der Waals surface area contributed by atoms with E-state index in [9.17, 15) is 14.9 Å². The Morgan fingerprint density at radius 3 is 2.08 bits per heavy atom. The van der Waals surface area contributed by atoms with Crippen LogP contribution in [0, 0.1) is 42.6 Å². The normalized spacial score (nSPS) is 10.9. The Labute approximate surface area is 237 Å². The van der Waals surface area contributed by atoms with Crippen LogP contribution in [-0.2, 0) is 9.59 Å². The Morgan fingerprint density at radius 2 is 1.53 bits per heavy atom. The molecule has 0 aliphatic rings. The number of amides is 2. The fraction of sp³-hybridized carbons (Fsp3) is 0.233. The van der Waals surface area contributed by atoms with Gasteiger partial charge in [-0.15, -0.1) is 0 Å². The quantitative estimate of drug-likeness (QED) is 0.161. The molecule has 0 fully saturated rings. The van der Waals surface area contributed by atoms with E-state index >= 15 is 0 Å². The van der Waals surface area contributed by atoms with Gasteiger partial charge >= 0.3 is 0 Å². The van der Waals surface area contributed by atoms with E-state index in [0.29, 0.717) is 32.9 Å². The monoisotopic (exact) mass is 623 g/mol. The second-order valence-electron chi connectivity index (χ2n) is 8.86. The number of carbonyl (C=O) groups excluding carboxylic acids is 2. The Morgan fingerprint density at radius 1 is 0.921 bits per heavy atom. The summed E-state index contributed by atoms with van der Waals surface area (Å²) in [5, 5.41) is 15.3. The van der Waals surface area contributed by atoms with Crippen LogP contribution in [-0.4, -0.2) is 25.0 Å². The predicted molar refractivity (Wildman–Crippen MR) is 159 cm³/mol. The highest BCUT2D eigenvalue weighted by molar-refractivity contribution is 14.1. The maximum atomic E-state index is 12.8. The minimum Gasteiger partial charge on any atom is -0.490 e. The summed E-state index contributed by atoms with van der Waals surface area (Å²) >= 11 is 2.08. The first-order chi connectivity index (χ1) is 18.1. The number of anilines is 2. The van der Waals surface area contributed by atoms with Gasteiger partial charge in [0.25, 0.3) is 11.8 Å². The van der Waals surface area contributed by atoms with Crippen LogP contribution < -0.4 is 20.1 Å². The van der Waals surface area contributed by atoms with Crippen molar-refractivity contribution in [2.75, 3.05) is 23.8 Å². The second kappa shape index (κ2) is 13.1. The molecule has 0 saturated carbocycles. The van der Waals surface area contributed by atoms with Gasteiger partial charge in [0.2, 0.25) is 0 Å². The van der Waals surface area contributed by atoms with Crippen LogP contribution in [0.25, 0.3) is 6.08 Å². The van der Waals surface area contributed by atoms with Gasteiger partial charge in [0, 0.05) is 11.4 Å². The van der Waals surface area contributed by atoms with Gasteiger partial charge in [0.05, 0.1) is 10.2 Å². The Hall–Kier alpha value is -3.84. The number of hydrogen-bond donors (Lipinski definition) is 2. The smallest absolute Gasteiger partial charge is 0.266 e. The first-order valence-corrected chi connectivity index (χ1v) is 13.2. The first kappa shape index (κ1) is 28.7. The Bertz CT molecular complexity index is 1440. The number of nitrogens with zero attached hydrogens (tertiary/aromatic N) is 1. The van der Waals surface area contributed by atoms with Crippen molar-refractivity contribution in [1.29, 1.82) is 5.26 Å². The zero-order valence-corrected chi connectivity index (χ0v) is 24.2. The molecule has 0 aromatic heterocycles. The summed E-state index contributed by atoms with van der Waals surface area (Å²) < 4.78 is 12.3. The topological polar surface area (TPSA) is 100 Å². The minimum absolute atomic E-state index is 0.0512. The number of carbonyl (C=O) groups is 2. The molecule has 3 aromatic carbocycles. The lowest BCUT2D eigenvalue weighted by molar-refractivity contribution is -0.118. The van der Waals surface area contributed by atoms with Gasteiger partial charge in [-0.3, -0.25) is 9.59 Å². The molecule has 8 heteroatoms. The van der Waals surface area contributed by atoms with E-state index in [4.69, 9.17) is 9.47 Å². The number of aryl methyl sites for hydroxylation is 4. The van der Waals surface area contributed by atoms with Crippen LogP contribution in [0.3, 0.4) is 0 Å². The van der Waals surface area contributed by atoms with Crippen LogP contribution in [0.2, 0.25) is 0 Å². The number of ether oxygens (including phenoxy) is 2. The molecule has 3 aromatic rings. The van der Waals surface area contributed by atoms with E-state index in [1.165, 1.54) is 6.08 Å². The molecule has 0 aliphatic heterocycles. The summed E-state index contributed by atoms with van der Waals surface area (Å²) in [5.41, 5.74) is 5.99. The lowest BCUT2D eigenvalue weighted by atomic mass is 10.1. The Kier molecular flexibility index (Phi) is 9.91. The summed E-state index contributed by atoms with van der Waals surface area (Å²) in [6.45, 7) is 9.80. The maximum absolute atomic E-state index is 12.8. The van der Waals surface area contributed by atoms with Gasteiger partial charge in [-0.1, -0.05) is 35.4 Å². The highest BCUT2D eigenvalue weighted by Gasteiger charge is 2.16. The molecular formula is C30H30IN3O4. The number of nitriles is 1. The van der Waals surface area contributed by atoms with Crippen molar-refractivity contribution in [3.8, 4) is 17.6 Å². The highest BCUT2D eigenvalue weighted by atomic mass is 127. The van der Waals surface area contributed by atoms with Crippen molar-refractivity contribution in [2.45, 2.75) is 34.6 Å². The SMILES string of the molecule is CCOc1cc(/C=C(\C#N)C(=O)Nc2ccc(C)cc2C)cc(I)c1OCC(=O)Nc1ccc(C)cc1C. The third-order valence-electron chi connectivity index (χ3n) is 5.64. The Balaban J connectivity index is 1.78. The molecule has 196 valence electrons. The van der Waals surface area contributed by atoms with E-state index in [0.717, 1.165) is 27.9 Å². The molecule has 0 heterocycles. The van der Waals surface area contributed by atoms with Crippen molar-refractivity contribution in [1.82, 2.24) is 0 Å². The molecule has 2 amide bonds. The molecular weight excluding hydrogens is 593 g/mol. The van der Waals surface area contributed by atoms with E-state index in [1.807, 2.05) is 77.1 Å². The second-order valence-corrected chi connectivity index (χ2v) is 10.0. The molecule has 0 saturated heterocycles. The zero-order chi connectivity index (χ0) is 27.8. The van der Waals surface area contributed by atoms with Crippen LogP contribution in [0.15, 0.2) is 54.1 Å². The number of rotatable bonds is 9. The van der Waals surface area contributed by atoms with Crippen molar-refractivity contribution in [2.24, 2.45) is 0 Å². The standard InChI is InChI=1S/C30H30IN3O4/c1-6-37-27-15-22(13-23(16-32)30(36)34-26-10-8-19(3)12-21(26)5)14-24(31)29(27)38-17-28(35)33-25-9-7-18(2)11-20(25)4/h7-15H,6,17H2,1-5H3,(H,33,35)(H,34,36)/b23-13+. The van der Waals surface area contributed by atoms with E-state index in [1.54, 1.807) is 12.1 Å². The van der Waals surface area contributed by atoms with Crippen molar-refractivity contribution in [3.05, 3.63) is 85.5 Å². The molecule has 0 atom stereocenters. The number of nitrogens with one attached hydrogen (secondary N) is 2. The van der Waals surface area contributed by atoms with E-state index in [2.05, 4.69) is 33.2 Å². The number of hydrogen-bond acceptors (Lipinski definition) is 5. The van der Waals surface area contributed by atoms with Gasteiger partial charge in [0.1, 0.15) is 11.6 Å². The largest absolute Gasteiger partial charge is 0.490 e. The molecule has 0 radical (unpaired) electrons. The summed E-state index contributed by atoms with van der Waals surface area (Å²) in [6, 6.07) is 16.9. The molecule has 3 rings (SSSR count). The van der Waals surface area contributed by atoms with Gasteiger partial charge < -0.3 is 20.1 Å². The van der Waals surface area contributed by atoms with E-state index < -0.39 is 5.91 Å². The molecule has 2 N–H and O–H groups in total. The number of halogens is 1. The minimum atomic E-state index is -0.504. The predicted octanol–water partition coefficient (Wildman–Crippen LogP) is 6.49. The third-order valence-corrected chi connectivity index (χ3v) is 6.44. The molecule has 38 heavy (non-hydrogen) atoms.